The molecule has 0 aromatic heterocycles. The van der Waals surface area contributed by atoms with Gasteiger partial charge in [-0.05, 0) is 6.42 Å². The van der Waals surface area contributed by atoms with Gasteiger partial charge in [-0.15, -0.1) is 0 Å². The van der Waals surface area contributed by atoms with Gasteiger partial charge in [0.1, 0.15) is 0 Å². The number of aliphatic carboxylic acids is 3. The summed E-state index contributed by atoms with van der Waals surface area (Å²) < 4.78 is 23.2. The van der Waals surface area contributed by atoms with Gasteiger partial charge in [0.2, 0.25) is 5.91 Å². The fraction of sp³-hybridized carbons (Fsp3) is 0.844. The summed E-state index contributed by atoms with van der Waals surface area (Å²) in [6, 6.07) is 0. The van der Waals surface area contributed by atoms with Gasteiger partial charge in [0, 0.05) is 91.6 Å². The number of aliphatic imine (C=N–C) groups is 1. The van der Waals surface area contributed by atoms with Crippen molar-refractivity contribution >= 4 is 29.8 Å². The minimum absolute atomic E-state index is 0.0294. The number of nitrogens with two attached hydrogens (primary N) is 2. The molecule has 1 amide bonds. The molecule has 0 aromatic rings. The van der Waals surface area contributed by atoms with E-state index in [-0.39, 0.29) is 38.0 Å². The molecular weight excluding hydrogens is 686 g/mol. The number of carboxylic acids is 3. The summed E-state index contributed by atoms with van der Waals surface area (Å²) in [7, 11) is 0. The number of carbonyl (C=O) groups excluding carboxylic acids is 1. The minimum Gasteiger partial charge on any atom is -0.480 e. The number of amides is 1. The van der Waals surface area contributed by atoms with Crippen LogP contribution in [0.2, 0.25) is 0 Å². The van der Waals surface area contributed by atoms with Gasteiger partial charge in [-0.2, -0.15) is 0 Å². The Bertz CT molecular complexity index is 1020. The standard InChI is InChI=1S/C32H61N9O11/c33-32(34)35-2-1-3-36-12-16-49-20-22-51-18-14-41(15-19-52-23-21-50-17-13-36)28(42)24-37-4-6-38(25-29(43)44)8-10-40(27-31(47)48)11-9-39(7-5-37)26-30(45)46/h1-27H2,(H,43,44)(H,45,46)(H,47,48)(H4,33,34,35). The first kappa shape index (κ1) is 44.9. The maximum absolute atomic E-state index is 13.7. The summed E-state index contributed by atoms with van der Waals surface area (Å²) in [6.07, 6.45) is 0.804. The van der Waals surface area contributed by atoms with Crippen molar-refractivity contribution in [2.45, 2.75) is 6.42 Å². The van der Waals surface area contributed by atoms with E-state index in [0.717, 1.165) is 13.0 Å². The molecule has 2 saturated heterocycles. The van der Waals surface area contributed by atoms with Crippen molar-refractivity contribution in [3.05, 3.63) is 0 Å². The number of carbonyl (C=O) groups is 4. The molecule has 0 spiro atoms. The molecule has 20 heteroatoms. The maximum atomic E-state index is 13.7. The molecule has 7 N–H and O–H groups in total. The highest BCUT2D eigenvalue weighted by atomic mass is 16.5. The van der Waals surface area contributed by atoms with Gasteiger partial charge in [-0.3, -0.25) is 48.7 Å². The molecule has 2 aliphatic heterocycles. The zero-order chi connectivity index (χ0) is 38.0. The van der Waals surface area contributed by atoms with E-state index in [0.29, 0.717) is 138 Å². The molecule has 300 valence electrons. The lowest BCUT2D eigenvalue weighted by Gasteiger charge is -2.33. The Morgan fingerprint density at radius 1 is 0.481 bits per heavy atom. The van der Waals surface area contributed by atoms with E-state index in [1.807, 2.05) is 4.90 Å². The van der Waals surface area contributed by atoms with Crippen LogP contribution in [0.5, 0.6) is 0 Å². The summed E-state index contributed by atoms with van der Waals surface area (Å²) >= 11 is 0. The van der Waals surface area contributed by atoms with Crippen molar-refractivity contribution in [2.24, 2.45) is 16.5 Å². The van der Waals surface area contributed by atoms with Crippen molar-refractivity contribution in [3.8, 4) is 0 Å². The average molecular weight is 748 g/mol. The summed E-state index contributed by atoms with van der Waals surface area (Å²) in [5.74, 6) is -3.12. The number of nitrogens with zero attached hydrogens (tertiary/aromatic N) is 7. The van der Waals surface area contributed by atoms with Crippen molar-refractivity contribution in [3.63, 3.8) is 0 Å². The summed E-state index contributed by atoms with van der Waals surface area (Å²) in [5, 5.41) is 28.4. The Morgan fingerprint density at radius 2 is 0.827 bits per heavy atom. The van der Waals surface area contributed by atoms with E-state index >= 15 is 0 Å². The molecule has 2 fully saturated rings. The van der Waals surface area contributed by atoms with Crippen molar-refractivity contribution in [1.29, 1.82) is 0 Å². The van der Waals surface area contributed by atoms with Crippen LogP contribution in [0.1, 0.15) is 6.42 Å². The van der Waals surface area contributed by atoms with Crippen LogP contribution in [-0.2, 0) is 38.1 Å². The summed E-state index contributed by atoms with van der Waals surface area (Å²) in [4.78, 5) is 63.4. The molecule has 52 heavy (non-hydrogen) atoms. The Hall–Kier alpha value is -3.21. The second kappa shape index (κ2) is 27.4. The largest absolute Gasteiger partial charge is 0.480 e. The van der Waals surface area contributed by atoms with Crippen LogP contribution in [0.15, 0.2) is 4.99 Å². The van der Waals surface area contributed by atoms with Crippen LogP contribution in [0, 0.1) is 0 Å². The maximum Gasteiger partial charge on any atom is 0.317 e. The summed E-state index contributed by atoms with van der Waals surface area (Å²) in [6.45, 7) is 8.41. The Kier molecular flexibility index (Phi) is 23.7. The first-order valence-corrected chi connectivity index (χ1v) is 17.9. The van der Waals surface area contributed by atoms with Crippen LogP contribution in [-0.4, -0.2) is 245 Å². The Balaban J connectivity index is 2.01. The van der Waals surface area contributed by atoms with E-state index in [9.17, 15) is 34.5 Å². The third-order valence-electron chi connectivity index (χ3n) is 8.50. The molecule has 2 rings (SSSR count). The van der Waals surface area contributed by atoms with Crippen molar-refractivity contribution in [2.75, 3.05) is 171 Å². The molecule has 0 radical (unpaired) electrons. The van der Waals surface area contributed by atoms with E-state index < -0.39 is 17.9 Å². The first-order chi connectivity index (χ1) is 25.0. The number of hydrogen-bond donors (Lipinski definition) is 5. The lowest BCUT2D eigenvalue weighted by molar-refractivity contribution is -0.141. The van der Waals surface area contributed by atoms with Crippen LogP contribution in [0.3, 0.4) is 0 Å². The quantitative estimate of drug-likeness (QED) is 0.0733. The highest BCUT2D eigenvalue weighted by molar-refractivity contribution is 5.78. The van der Waals surface area contributed by atoms with E-state index in [4.69, 9.17) is 30.4 Å². The number of hydrogen-bond acceptors (Lipinski definition) is 14. The number of carboxylic acid groups (broad SMARTS) is 3. The summed E-state index contributed by atoms with van der Waals surface area (Å²) in [5.41, 5.74) is 10.8. The smallest absolute Gasteiger partial charge is 0.317 e. The average Bonchev–Trinajstić information content (AvgIpc) is 3.07. The minimum atomic E-state index is -1.02. The molecule has 0 unspecified atom stereocenters. The second-order valence-electron chi connectivity index (χ2n) is 12.6. The molecule has 20 nitrogen and oxygen atoms in total. The van der Waals surface area contributed by atoms with Crippen LogP contribution in [0.25, 0.3) is 0 Å². The molecule has 0 aromatic carbocycles. The molecule has 2 aliphatic rings. The van der Waals surface area contributed by atoms with Gasteiger partial charge in [-0.25, -0.2) is 0 Å². The molecule has 2 heterocycles. The lowest BCUT2D eigenvalue weighted by Crippen LogP contribution is -2.50. The normalized spacial score (nSPS) is 20.8. The topological polar surface area (TPSA) is 250 Å². The van der Waals surface area contributed by atoms with Gasteiger partial charge >= 0.3 is 17.9 Å². The van der Waals surface area contributed by atoms with Crippen LogP contribution >= 0.6 is 0 Å². The van der Waals surface area contributed by atoms with Gasteiger partial charge < -0.3 is 50.6 Å². The zero-order valence-electron chi connectivity index (χ0n) is 30.5. The molecule has 0 atom stereocenters. The second-order valence-corrected chi connectivity index (χ2v) is 12.6. The molecule has 0 aliphatic carbocycles. The van der Waals surface area contributed by atoms with Gasteiger partial charge in [0.15, 0.2) is 5.96 Å². The predicted molar refractivity (Wildman–Crippen MR) is 190 cm³/mol. The highest BCUT2D eigenvalue weighted by Gasteiger charge is 2.23. The molecule has 0 bridgehead atoms. The van der Waals surface area contributed by atoms with Crippen LogP contribution in [0.4, 0.5) is 0 Å². The van der Waals surface area contributed by atoms with Gasteiger partial charge in [-0.1, -0.05) is 0 Å². The van der Waals surface area contributed by atoms with E-state index in [1.165, 1.54) is 0 Å². The predicted octanol–water partition coefficient (Wildman–Crippen LogP) is -3.66. The monoisotopic (exact) mass is 747 g/mol. The van der Waals surface area contributed by atoms with E-state index in [2.05, 4.69) is 9.89 Å². The third kappa shape index (κ3) is 22.7. The fourth-order valence-electron chi connectivity index (χ4n) is 5.66. The third-order valence-corrected chi connectivity index (χ3v) is 8.50. The van der Waals surface area contributed by atoms with Crippen LogP contribution < -0.4 is 11.5 Å². The number of guanidine groups is 1. The SMILES string of the molecule is NC(N)=NCCCN1CCOCCOCCN(C(=O)CN2CCN(CC(=O)O)CCN(CC(=O)O)CCN(CC(=O)O)CC2)CCOCCOCC1. The van der Waals surface area contributed by atoms with Gasteiger partial charge in [0.25, 0.3) is 0 Å². The number of ether oxygens (including phenoxy) is 4. The lowest BCUT2D eigenvalue weighted by atomic mass is 10.3. The molecule has 0 saturated carbocycles. The zero-order valence-corrected chi connectivity index (χ0v) is 30.5. The fourth-order valence-corrected chi connectivity index (χ4v) is 5.66. The highest BCUT2D eigenvalue weighted by Crippen LogP contribution is 2.04. The van der Waals surface area contributed by atoms with Crippen molar-refractivity contribution < 1.29 is 53.4 Å². The Labute approximate surface area is 306 Å². The van der Waals surface area contributed by atoms with E-state index in [1.54, 1.807) is 19.6 Å². The van der Waals surface area contributed by atoms with Gasteiger partial charge in [0.05, 0.1) is 79.0 Å². The Morgan fingerprint density at radius 3 is 1.17 bits per heavy atom. The van der Waals surface area contributed by atoms with Crippen molar-refractivity contribution in [1.82, 2.24) is 29.4 Å². The molecular formula is C32H61N9O11. The first-order valence-electron chi connectivity index (χ1n) is 17.9. The number of rotatable bonds is 12.